The number of amides is 2. The molecule has 29 heavy (non-hydrogen) atoms. The molecule has 0 radical (unpaired) electrons. The van der Waals surface area contributed by atoms with Gasteiger partial charge in [-0.2, -0.15) is 0 Å². The van der Waals surface area contributed by atoms with E-state index in [1.807, 2.05) is 0 Å². The number of hydrogen-bond donors (Lipinski definition) is 2. The summed E-state index contributed by atoms with van der Waals surface area (Å²) < 4.78 is 28.6. The molecule has 0 aromatic heterocycles. The number of sulfonamides is 1. The summed E-state index contributed by atoms with van der Waals surface area (Å²) in [6.07, 6.45) is 0. The highest BCUT2D eigenvalue weighted by molar-refractivity contribution is 8.13. The molecule has 0 spiro atoms. The van der Waals surface area contributed by atoms with Crippen LogP contribution in [0.25, 0.3) is 10.8 Å². The fourth-order valence-electron chi connectivity index (χ4n) is 3.09. The van der Waals surface area contributed by atoms with E-state index in [-0.39, 0.29) is 16.0 Å². The Hall–Kier alpha value is -3.04. The summed E-state index contributed by atoms with van der Waals surface area (Å²) >= 11 is 1.06. The van der Waals surface area contributed by atoms with Crippen LogP contribution < -0.4 is 10.0 Å². The van der Waals surface area contributed by atoms with Crippen molar-refractivity contribution >= 4 is 55.1 Å². The molecule has 3 aromatic rings. The average molecular weight is 428 g/mol. The number of carbonyl (C=O) groups is 2. The van der Waals surface area contributed by atoms with Crippen molar-refractivity contribution in [2.45, 2.75) is 9.79 Å². The van der Waals surface area contributed by atoms with Gasteiger partial charge in [-0.25, -0.2) is 8.42 Å². The van der Waals surface area contributed by atoms with Crippen molar-refractivity contribution in [2.75, 3.05) is 24.1 Å². The van der Waals surface area contributed by atoms with Gasteiger partial charge in [-0.15, -0.1) is 0 Å². The minimum Gasteiger partial charge on any atom is -0.339 e. The second-order valence-corrected chi connectivity index (χ2v) is 9.36. The lowest BCUT2D eigenvalue weighted by molar-refractivity contribution is 0.103. The van der Waals surface area contributed by atoms with Gasteiger partial charge in [0.25, 0.3) is 21.2 Å². The smallest absolute Gasteiger partial charge is 0.285 e. The van der Waals surface area contributed by atoms with Gasteiger partial charge < -0.3 is 10.2 Å². The first-order chi connectivity index (χ1) is 13.8. The van der Waals surface area contributed by atoms with Crippen LogP contribution in [0.1, 0.15) is 10.4 Å². The Bertz CT molecular complexity index is 1250. The van der Waals surface area contributed by atoms with Gasteiger partial charge in [0.05, 0.1) is 4.90 Å². The molecule has 2 amide bonds. The van der Waals surface area contributed by atoms with Crippen LogP contribution in [0.4, 0.5) is 16.2 Å². The van der Waals surface area contributed by atoms with Crippen LogP contribution in [0.15, 0.2) is 64.4 Å². The molecule has 0 unspecified atom stereocenters. The Morgan fingerprint density at radius 1 is 1.03 bits per heavy atom. The van der Waals surface area contributed by atoms with E-state index < -0.39 is 10.0 Å². The fraction of sp³-hybridized carbons (Fsp3) is 0.100. The lowest BCUT2D eigenvalue weighted by Gasteiger charge is -2.12. The van der Waals surface area contributed by atoms with E-state index >= 15 is 0 Å². The molecule has 1 aliphatic rings. The topological polar surface area (TPSA) is 95.6 Å². The molecule has 0 fully saturated rings. The molecule has 9 heteroatoms. The average Bonchev–Trinajstić information content (AvgIpc) is 3.00. The highest BCUT2D eigenvalue weighted by atomic mass is 32.2. The van der Waals surface area contributed by atoms with Gasteiger partial charge in [0.2, 0.25) is 0 Å². The van der Waals surface area contributed by atoms with Crippen molar-refractivity contribution in [2.24, 2.45) is 0 Å². The highest BCUT2D eigenvalue weighted by Crippen LogP contribution is 2.37. The Balaban J connectivity index is 1.65. The van der Waals surface area contributed by atoms with E-state index in [0.717, 1.165) is 11.8 Å². The summed E-state index contributed by atoms with van der Waals surface area (Å²) in [5, 5.41) is 3.71. The predicted molar refractivity (Wildman–Crippen MR) is 114 cm³/mol. The lowest BCUT2D eigenvalue weighted by Crippen LogP contribution is -2.16. The highest BCUT2D eigenvalue weighted by Gasteiger charge is 2.26. The Morgan fingerprint density at radius 2 is 1.76 bits per heavy atom. The van der Waals surface area contributed by atoms with E-state index in [0.29, 0.717) is 32.6 Å². The molecule has 1 heterocycles. The van der Waals surface area contributed by atoms with Crippen LogP contribution in [0.3, 0.4) is 0 Å². The predicted octanol–water partition coefficient (Wildman–Crippen LogP) is 3.98. The second-order valence-electron chi connectivity index (χ2n) is 6.69. The molecule has 2 N–H and O–H groups in total. The first-order valence-electron chi connectivity index (χ1n) is 8.65. The van der Waals surface area contributed by atoms with Crippen molar-refractivity contribution in [1.29, 1.82) is 0 Å². The SMILES string of the molecule is CN(C)C(=O)Sc1ccc(NS(=O)(=O)c2ccc3c4c(cccc24)C(=O)N3)cc1. The van der Waals surface area contributed by atoms with E-state index in [9.17, 15) is 18.0 Å². The minimum absolute atomic E-state index is 0.0934. The number of benzene rings is 3. The molecule has 4 rings (SSSR count). The Morgan fingerprint density at radius 3 is 2.45 bits per heavy atom. The van der Waals surface area contributed by atoms with Crippen molar-refractivity contribution in [1.82, 2.24) is 4.90 Å². The minimum atomic E-state index is -3.88. The van der Waals surface area contributed by atoms with Crippen LogP contribution in [0.2, 0.25) is 0 Å². The summed E-state index contributed by atoms with van der Waals surface area (Å²) in [5.41, 5.74) is 1.44. The first-order valence-corrected chi connectivity index (χ1v) is 11.0. The summed E-state index contributed by atoms with van der Waals surface area (Å²) in [5.74, 6) is -0.242. The molecule has 0 bridgehead atoms. The van der Waals surface area contributed by atoms with Gasteiger partial charge in [0, 0.05) is 46.7 Å². The molecular formula is C20H17N3O4S2. The number of thioether (sulfide) groups is 1. The van der Waals surface area contributed by atoms with Gasteiger partial charge in [-0.3, -0.25) is 14.3 Å². The van der Waals surface area contributed by atoms with Gasteiger partial charge in [0.1, 0.15) is 0 Å². The number of hydrogen-bond acceptors (Lipinski definition) is 5. The van der Waals surface area contributed by atoms with Gasteiger partial charge in [-0.05, 0) is 54.2 Å². The van der Waals surface area contributed by atoms with Crippen molar-refractivity contribution in [3.8, 4) is 0 Å². The monoisotopic (exact) mass is 427 g/mol. The molecule has 3 aromatic carbocycles. The quantitative estimate of drug-likeness (QED) is 0.614. The van der Waals surface area contributed by atoms with Crippen molar-refractivity contribution in [3.63, 3.8) is 0 Å². The van der Waals surface area contributed by atoms with Crippen LogP contribution in [0.5, 0.6) is 0 Å². The van der Waals surface area contributed by atoms with Gasteiger partial charge in [0.15, 0.2) is 0 Å². The third-order valence-corrected chi connectivity index (χ3v) is 6.95. The largest absolute Gasteiger partial charge is 0.339 e. The zero-order valence-corrected chi connectivity index (χ0v) is 17.2. The summed E-state index contributed by atoms with van der Waals surface area (Å²) in [6, 6.07) is 14.7. The summed E-state index contributed by atoms with van der Waals surface area (Å²) in [4.78, 5) is 26.1. The van der Waals surface area contributed by atoms with Crippen LogP contribution in [0, 0.1) is 0 Å². The van der Waals surface area contributed by atoms with Crippen LogP contribution in [-0.4, -0.2) is 38.6 Å². The van der Waals surface area contributed by atoms with E-state index in [4.69, 9.17) is 0 Å². The number of anilines is 2. The zero-order valence-electron chi connectivity index (χ0n) is 15.6. The Labute approximate surface area is 172 Å². The molecule has 0 aliphatic carbocycles. The molecule has 0 saturated carbocycles. The number of carbonyl (C=O) groups excluding carboxylic acids is 2. The molecular weight excluding hydrogens is 410 g/mol. The maximum Gasteiger partial charge on any atom is 0.285 e. The third kappa shape index (κ3) is 3.54. The van der Waals surface area contributed by atoms with Crippen LogP contribution >= 0.6 is 11.8 Å². The standard InChI is InChI=1S/C20H17N3O4S2/c1-23(2)20(25)28-13-8-6-12(7-9-13)22-29(26,27)17-11-10-16-18-14(17)4-3-5-15(18)19(24)21-16/h3-11,22H,1-2H3,(H,21,24). The first kappa shape index (κ1) is 19.3. The van der Waals surface area contributed by atoms with Gasteiger partial charge >= 0.3 is 0 Å². The van der Waals surface area contributed by atoms with Crippen molar-refractivity contribution < 1.29 is 18.0 Å². The van der Waals surface area contributed by atoms with Crippen molar-refractivity contribution in [3.05, 3.63) is 60.2 Å². The maximum absolute atomic E-state index is 13.0. The number of nitrogens with one attached hydrogen (secondary N) is 2. The summed E-state index contributed by atoms with van der Waals surface area (Å²) in [6.45, 7) is 0. The van der Waals surface area contributed by atoms with E-state index in [1.165, 1.54) is 11.0 Å². The maximum atomic E-state index is 13.0. The molecule has 1 aliphatic heterocycles. The van der Waals surface area contributed by atoms with E-state index in [2.05, 4.69) is 10.0 Å². The fourth-order valence-corrected chi connectivity index (χ4v) is 5.01. The lowest BCUT2D eigenvalue weighted by atomic mass is 10.1. The summed E-state index contributed by atoms with van der Waals surface area (Å²) in [7, 11) is -0.552. The number of rotatable bonds is 4. The molecule has 0 saturated heterocycles. The van der Waals surface area contributed by atoms with Crippen LogP contribution in [-0.2, 0) is 10.0 Å². The second kappa shape index (κ2) is 7.09. The molecule has 7 nitrogen and oxygen atoms in total. The van der Waals surface area contributed by atoms with E-state index in [1.54, 1.807) is 62.6 Å². The third-order valence-electron chi connectivity index (χ3n) is 4.46. The Kier molecular flexibility index (Phi) is 4.71. The molecule has 0 atom stereocenters. The normalized spacial score (nSPS) is 12.7. The molecule has 148 valence electrons. The number of nitrogens with zero attached hydrogens (tertiary/aromatic N) is 1. The zero-order chi connectivity index (χ0) is 20.8. The van der Waals surface area contributed by atoms with Gasteiger partial charge in [-0.1, -0.05) is 12.1 Å².